The van der Waals surface area contributed by atoms with Crippen LogP contribution in [0.1, 0.15) is 39.2 Å². The standard InChI is InChI=1S/C21H24N4O2S/c1-13-5-7-15(8-6-13)10-23-20(26)18-14(2)17-19(24-12-25-21(17)28-18)22-11-16-4-3-9-27-16/h5-8,12,16H,3-4,9-11H2,1-2H3,(H,23,26)(H,22,24,25). The smallest absolute Gasteiger partial charge is 0.261 e. The van der Waals surface area contributed by atoms with Crippen molar-refractivity contribution < 1.29 is 9.53 Å². The predicted molar refractivity (Wildman–Crippen MR) is 112 cm³/mol. The number of carbonyl (C=O) groups excluding carboxylic acids is 1. The zero-order valence-electron chi connectivity index (χ0n) is 16.1. The largest absolute Gasteiger partial charge is 0.376 e. The summed E-state index contributed by atoms with van der Waals surface area (Å²) in [6.45, 7) is 6.06. The van der Waals surface area contributed by atoms with Crippen molar-refractivity contribution in [2.45, 2.75) is 39.3 Å². The van der Waals surface area contributed by atoms with Gasteiger partial charge in [0.1, 0.15) is 17.0 Å². The summed E-state index contributed by atoms with van der Waals surface area (Å²) < 4.78 is 5.67. The van der Waals surface area contributed by atoms with Gasteiger partial charge < -0.3 is 15.4 Å². The minimum absolute atomic E-state index is 0.0776. The van der Waals surface area contributed by atoms with Gasteiger partial charge >= 0.3 is 0 Å². The van der Waals surface area contributed by atoms with E-state index in [0.29, 0.717) is 11.4 Å². The first-order valence-corrected chi connectivity index (χ1v) is 10.4. The molecule has 2 N–H and O–H groups in total. The number of nitrogens with zero attached hydrogens (tertiary/aromatic N) is 2. The van der Waals surface area contributed by atoms with Gasteiger partial charge in [-0.3, -0.25) is 4.79 Å². The molecular weight excluding hydrogens is 372 g/mol. The van der Waals surface area contributed by atoms with Gasteiger partial charge in [-0.1, -0.05) is 29.8 Å². The lowest BCUT2D eigenvalue weighted by Gasteiger charge is -2.12. The fourth-order valence-corrected chi connectivity index (χ4v) is 4.47. The van der Waals surface area contributed by atoms with Gasteiger partial charge in [-0.05, 0) is 37.8 Å². The number of hydrogen-bond acceptors (Lipinski definition) is 6. The number of amides is 1. The van der Waals surface area contributed by atoms with Crippen LogP contribution in [-0.2, 0) is 11.3 Å². The first kappa shape index (κ1) is 18.8. The number of nitrogens with one attached hydrogen (secondary N) is 2. The van der Waals surface area contributed by atoms with Gasteiger partial charge in [0.05, 0.1) is 16.4 Å². The van der Waals surface area contributed by atoms with Crippen LogP contribution < -0.4 is 10.6 Å². The molecule has 0 aliphatic carbocycles. The number of carbonyl (C=O) groups is 1. The number of ether oxygens (including phenoxy) is 1. The molecule has 0 radical (unpaired) electrons. The summed E-state index contributed by atoms with van der Waals surface area (Å²) in [7, 11) is 0. The van der Waals surface area contributed by atoms with Crippen LogP contribution in [0.25, 0.3) is 10.2 Å². The summed E-state index contributed by atoms with van der Waals surface area (Å²) >= 11 is 1.41. The molecular formula is C21H24N4O2S. The zero-order valence-corrected chi connectivity index (χ0v) is 16.9. The van der Waals surface area contributed by atoms with Crippen molar-refractivity contribution in [3.63, 3.8) is 0 Å². The van der Waals surface area contributed by atoms with E-state index in [0.717, 1.165) is 53.2 Å². The second-order valence-corrected chi connectivity index (χ2v) is 8.14. The van der Waals surface area contributed by atoms with E-state index in [9.17, 15) is 4.79 Å². The van der Waals surface area contributed by atoms with Gasteiger partial charge in [0, 0.05) is 19.7 Å². The number of anilines is 1. The third-order valence-corrected chi connectivity index (χ3v) is 6.23. The van der Waals surface area contributed by atoms with Gasteiger partial charge in [0.15, 0.2) is 0 Å². The topological polar surface area (TPSA) is 76.1 Å². The van der Waals surface area contributed by atoms with E-state index in [4.69, 9.17) is 4.74 Å². The second kappa shape index (κ2) is 8.24. The average Bonchev–Trinajstić information content (AvgIpc) is 3.34. The van der Waals surface area contributed by atoms with Crippen LogP contribution in [0.3, 0.4) is 0 Å². The van der Waals surface area contributed by atoms with E-state index in [2.05, 4.69) is 27.5 Å². The third kappa shape index (κ3) is 4.00. The Kier molecular flexibility index (Phi) is 5.54. The molecule has 1 saturated heterocycles. The van der Waals surface area contributed by atoms with Crippen molar-refractivity contribution >= 4 is 33.3 Å². The molecule has 1 fully saturated rings. The Bertz CT molecular complexity index is 978. The minimum atomic E-state index is -0.0776. The molecule has 28 heavy (non-hydrogen) atoms. The highest BCUT2D eigenvalue weighted by atomic mass is 32.1. The SMILES string of the molecule is Cc1ccc(CNC(=O)c2sc3ncnc(NCC4CCCO4)c3c2C)cc1. The van der Waals surface area contributed by atoms with Crippen LogP contribution in [0.15, 0.2) is 30.6 Å². The van der Waals surface area contributed by atoms with Crippen molar-refractivity contribution in [1.29, 1.82) is 0 Å². The third-order valence-electron chi connectivity index (χ3n) is 5.03. The minimum Gasteiger partial charge on any atom is -0.376 e. The van der Waals surface area contributed by atoms with E-state index >= 15 is 0 Å². The van der Waals surface area contributed by atoms with Gasteiger partial charge in [-0.15, -0.1) is 11.3 Å². The van der Waals surface area contributed by atoms with E-state index in [1.807, 2.05) is 31.2 Å². The Labute approximate surface area is 168 Å². The molecule has 1 aliphatic heterocycles. The molecule has 1 unspecified atom stereocenters. The summed E-state index contributed by atoms with van der Waals surface area (Å²) in [6, 6.07) is 8.17. The molecule has 1 aromatic carbocycles. The summed E-state index contributed by atoms with van der Waals surface area (Å²) in [4.78, 5) is 23.0. The number of benzene rings is 1. The highest BCUT2D eigenvalue weighted by molar-refractivity contribution is 7.20. The van der Waals surface area contributed by atoms with Gasteiger partial charge in [0.25, 0.3) is 5.91 Å². The molecule has 3 aromatic rings. The summed E-state index contributed by atoms with van der Waals surface area (Å²) in [5.74, 6) is 0.693. The maximum atomic E-state index is 12.8. The van der Waals surface area contributed by atoms with Gasteiger partial charge in [0.2, 0.25) is 0 Å². The number of thiophene rings is 1. The normalized spacial score (nSPS) is 16.4. The van der Waals surface area contributed by atoms with Crippen molar-refractivity contribution in [1.82, 2.24) is 15.3 Å². The number of hydrogen-bond donors (Lipinski definition) is 2. The molecule has 3 heterocycles. The number of aryl methyl sites for hydroxylation is 2. The van der Waals surface area contributed by atoms with E-state index in [1.54, 1.807) is 6.33 Å². The zero-order chi connectivity index (χ0) is 19.5. The summed E-state index contributed by atoms with van der Waals surface area (Å²) in [5.41, 5.74) is 3.20. The quantitative estimate of drug-likeness (QED) is 0.662. The molecule has 6 nitrogen and oxygen atoms in total. The monoisotopic (exact) mass is 396 g/mol. The van der Waals surface area contributed by atoms with E-state index in [1.165, 1.54) is 16.9 Å². The Morgan fingerprint density at radius 3 is 2.82 bits per heavy atom. The highest BCUT2D eigenvalue weighted by Gasteiger charge is 2.20. The van der Waals surface area contributed by atoms with Crippen LogP contribution >= 0.6 is 11.3 Å². The molecule has 1 amide bonds. The lowest BCUT2D eigenvalue weighted by molar-refractivity contribution is 0.0954. The van der Waals surface area contributed by atoms with E-state index < -0.39 is 0 Å². The fraction of sp³-hybridized carbons (Fsp3) is 0.381. The molecule has 4 rings (SSSR count). The van der Waals surface area contributed by atoms with Crippen molar-refractivity contribution in [3.8, 4) is 0 Å². The number of fused-ring (bicyclic) bond motifs is 1. The maximum Gasteiger partial charge on any atom is 0.261 e. The Morgan fingerprint density at radius 2 is 2.07 bits per heavy atom. The van der Waals surface area contributed by atoms with Crippen LogP contribution in [0.2, 0.25) is 0 Å². The highest BCUT2D eigenvalue weighted by Crippen LogP contribution is 2.33. The summed E-state index contributed by atoms with van der Waals surface area (Å²) in [5, 5.41) is 7.32. The molecule has 1 aliphatic rings. The van der Waals surface area contributed by atoms with Gasteiger partial charge in [-0.2, -0.15) is 0 Å². The molecule has 1 atom stereocenters. The summed E-state index contributed by atoms with van der Waals surface area (Å²) in [6.07, 6.45) is 3.94. The van der Waals surface area contributed by atoms with Crippen LogP contribution in [0.4, 0.5) is 5.82 Å². The Morgan fingerprint density at radius 1 is 1.25 bits per heavy atom. The average molecular weight is 397 g/mol. The first-order chi connectivity index (χ1) is 13.6. The van der Waals surface area contributed by atoms with Crippen LogP contribution in [0, 0.1) is 13.8 Å². The Balaban J connectivity index is 1.50. The van der Waals surface area contributed by atoms with Crippen molar-refractivity contribution in [2.75, 3.05) is 18.5 Å². The van der Waals surface area contributed by atoms with Crippen LogP contribution in [-0.4, -0.2) is 35.1 Å². The lowest BCUT2D eigenvalue weighted by atomic mass is 10.1. The molecule has 146 valence electrons. The molecule has 2 aromatic heterocycles. The Hall–Kier alpha value is -2.51. The molecule has 0 saturated carbocycles. The molecule has 0 bridgehead atoms. The molecule has 0 spiro atoms. The van der Waals surface area contributed by atoms with Crippen LogP contribution in [0.5, 0.6) is 0 Å². The van der Waals surface area contributed by atoms with Crippen molar-refractivity contribution in [2.24, 2.45) is 0 Å². The van der Waals surface area contributed by atoms with E-state index in [-0.39, 0.29) is 12.0 Å². The predicted octanol–water partition coefficient (Wildman–Crippen LogP) is 3.83. The number of rotatable bonds is 6. The van der Waals surface area contributed by atoms with Crippen molar-refractivity contribution in [3.05, 3.63) is 52.2 Å². The fourth-order valence-electron chi connectivity index (χ4n) is 3.41. The number of aromatic nitrogens is 2. The maximum absolute atomic E-state index is 12.8. The lowest BCUT2D eigenvalue weighted by Crippen LogP contribution is -2.22. The second-order valence-electron chi connectivity index (χ2n) is 7.14. The molecule has 7 heteroatoms. The van der Waals surface area contributed by atoms with Gasteiger partial charge in [-0.25, -0.2) is 9.97 Å². The first-order valence-electron chi connectivity index (χ1n) is 9.55.